The minimum atomic E-state index is -0.381. The van der Waals surface area contributed by atoms with Gasteiger partial charge in [0, 0.05) is 18.8 Å². The highest BCUT2D eigenvalue weighted by Crippen LogP contribution is 2.41. The van der Waals surface area contributed by atoms with Gasteiger partial charge in [-0.25, -0.2) is 0 Å². The molecule has 0 saturated carbocycles. The Bertz CT molecular complexity index is 820. The van der Waals surface area contributed by atoms with Gasteiger partial charge in [0.05, 0.1) is 17.3 Å². The van der Waals surface area contributed by atoms with Crippen molar-refractivity contribution in [3.63, 3.8) is 0 Å². The van der Waals surface area contributed by atoms with Crippen molar-refractivity contribution in [2.45, 2.75) is 111 Å². The highest BCUT2D eigenvalue weighted by Gasteiger charge is 2.52. The number of hydrogen-bond donors (Lipinski definition) is 0. The third kappa shape index (κ3) is 4.64. The summed E-state index contributed by atoms with van der Waals surface area (Å²) in [6.07, 6.45) is 0.661. The third-order valence-electron chi connectivity index (χ3n) is 8.10. The summed E-state index contributed by atoms with van der Waals surface area (Å²) in [6.45, 7) is 20.6. The molecule has 3 rings (SSSR count). The number of hydrogen-bond acceptors (Lipinski definition) is 5. The molecule has 0 aliphatic carbocycles. The Labute approximate surface area is 194 Å². The molecule has 0 N–H and O–H groups in total. The van der Waals surface area contributed by atoms with E-state index >= 15 is 0 Å². The monoisotopic (exact) mass is 444 g/mol. The molecule has 32 heavy (non-hydrogen) atoms. The number of carbonyl (C=O) groups excluding carboxylic acids is 1. The van der Waals surface area contributed by atoms with E-state index in [9.17, 15) is 4.79 Å². The Morgan fingerprint density at radius 3 is 2.22 bits per heavy atom. The van der Waals surface area contributed by atoms with Crippen LogP contribution in [0.3, 0.4) is 0 Å². The van der Waals surface area contributed by atoms with Crippen molar-refractivity contribution in [3.05, 3.63) is 29.3 Å². The van der Waals surface area contributed by atoms with Crippen molar-refractivity contribution in [2.24, 2.45) is 11.8 Å². The van der Waals surface area contributed by atoms with E-state index < -0.39 is 0 Å². The van der Waals surface area contributed by atoms with Crippen molar-refractivity contribution in [2.75, 3.05) is 0 Å². The fourth-order valence-electron chi connectivity index (χ4n) is 5.09. The van der Waals surface area contributed by atoms with E-state index in [-0.39, 0.29) is 54.4 Å². The highest BCUT2D eigenvalue weighted by atomic mass is 16.7. The number of esters is 1. The third-order valence-corrected chi connectivity index (χ3v) is 8.10. The topological polar surface area (TPSA) is 54.0 Å². The lowest BCUT2D eigenvalue weighted by Crippen LogP contribution is -2.52. The number of aryl methyl sites for hydroxylation is 1. The molecule has 0 spiro atoms. The molecule has 2 heterocycles. The minimum absolute atomic E-state index is 0.0793. The molecule has 2 unspecified atom stereocenters. The fourth-order valence-corrected chi connectivity index (χ4v) is 5.09. The normalized spacial score (nSPS) is 32.6. The van der Waals surface area contributed by atoms with Crippen molar-refractivity contribution in [3.8, 4) is 0 Å². The van der Waals surface area contributed by atoms with E-state index in [4.69, 9.17) is 18.8 Å². The molecule has 0 bridgehead atoms. The van der Waals surface area contributed by atoms with E-state index in [0.29, 0.717) is 5.92 Å². The number of carbonyl (C=O) groups is 1. The van der Waals surface area contributed by atoms with Crippen LogP contribution in [0, 0.1) is 18.8 Å². The second kappa shape index (κ2) is 9.11. The predicted octanol–water partition coefficient (Wildman–Crippen LogP) is 4.78. The van der Waals surface area contributed by atoms with Crippen molar-refractivity contribution >= 4 is 18.6 Å². The Kier molecular flexibility index (Phi) is 7.19. The van der Waals surface area contributed by atoms with Gasteiger partial charge in [-0.2, -0.15) is 0 Å². The number of rotatable bonds is 5. The van der Waals surface area contributed by atoms with Crippen molar-refractivity contribution < 1.29 is 23.6 Å². The van der Waals surface area contributed by atoms with Crippen LogP contribution in [-0.2, 0) is 23.6 Å². The molecule has 178 valence electrons. The molecule has 6 atom stereocenters. The van der Waals surface area contributed by atoms with Gasteiger partial charge in [-0.05, 0) is 63.5 Å². The Hall–Kier alpha value is -1.37. The zero-order valence-corrected chi connectivity index (χ0v) is 21.5. The van der Waals surface area contributed by atoms with E-state index in [0.717, 1.165) is 17.4 Å². The molecule has 0 radical (unpaired) electrons. The van der Waals surface area contributed by atoms with Crippen LogP contribution in [0.15, 0.2) is 18.2 Å². The average molecular weight is 444 g/mol. The molecule has 2 aliphatic rings. The molecule has 0 aromatic heterocycles. The summed E-state index contributed by atoms with van der Waals surface area (Å²) in [5, 5.41) is 0. The van der Waals surface area contributed by atoms with Crippen LogP contribution in [0.5, 0.6) is 0 Å². The lowest BCUT2D eigenvalue weighted by atomic mass is 9.74. The van der Waals surface area contributed by atoms with Crippen LogP contribution in [0.25, 0.3) is 0 Å². The standard InChI is InChI=1S/C26H41BO5/c1-11-22-16(3)17(4)23(29-19(6)28)24(30-22)18(5)21-13-12-20(14-15(21)2)27-31-25(7,8)26(9,10)32-27/h12-14,16-18,22-24H,11H2,1-10H3/t16-,17-,18+,22?,23?,24+/m0/s1. The molecule has 1 aromatic carbocycles. The van der Waals surface area contributed by atoms with Crippen LogP contribution < -0.4 is 5.46 Å². The van der Waals surface area contributed by atoms with Gasteiger partial charge in [0.2, 0.25) is 0 Å². The molecule has 2 aliphatic heterocycles. The maximum absolute atomic E-state index is 11.9. The first kappa shape index (κ1) is 25.3. The smallest absolute Gasteiger partial charge is 0.459 e. The fraction of sp³-hybridized carbons (Fsp3) is 0.731. The van der Waals surface area contributed by atoms with E-state index in [1.807, 2.05) is 0 Å². The summed E-state index contributed by atoms with van der Waals surface area (Å²) in [4.78, 5) is 11.9. The number of benzene rings is 1. The van der Waals surface area contributed by atoms with Crippen LogP contribution in [0.2, 0.25) is 0 Å². The molecule has 5 nitrogen and oxygen atoms in total. The molecule has 0 amide bonds. The molecular formula is C26H41BO5. The van der Waals surface area contributed by atoms with Gasteiger partial charge in [-0.3, -0.25) is 4.79 Å². The van der Waals surface area contributed by atoms with Gasteiger partial charge in [-0.1, -0.05) is 45.9 Å². The summed E-state index contributed by atoms with van der Waals surface area (Å²) in [5.41, 5.74) is 2.64. The van der Waals surface area contributed by atoms with Crippen molar-refractivity contribution in [1.82, 2.24) is 0 Å². The van der Waals surface area contributed by atoms with Crippen LogP contribution in [0.1, 0.15) is 85.8 Å². The minimum Gasteiger partial charge on any atom is -0.459 e. The second-order valence-corrected chi connectivity index (χ2v) is 10.8. The SMILES string of the molecule is CCC1O[C@H]([C@H](C)c2ccc(B3OC(C)(C)C(C)(C)O3)cc2C)C(OC(C)=O)[C@@H](C)[C@@H]1C. The maximum Gasteiger partial charge on any atom is 0.494 e. The molecule has 2 saturated heterocycles. The first-order valence-electron chi connectivity index (χ1n) is 12.1. The second-order valence-electron chi connectivity index (χ2n) is 10.8. The highest BCUT2D eigenvalue weighted by molar-refractivity contribution is 6.62. The Morgan fingerprint density at radius 1 is 1.12 bits per heavy atom. The summed E-state index contributed by atoms with van der Waals surface area (Å²) < 4.78 is 24.8. The van der Waals surface area contributed by atoms with E-state index in [1.54, 1.807) is 0 Å². The Balaban J connectivity index is 1.87. The first-order chi connectivity index (χ1) is 14.8. The predicted molar refractivity (Wildman–Crippen MR) is 128 cm³/mol. The van der Waals surface area contributed by atoms with Crippen LogP contribution in [-0.4, -0.2) is 42.6 Å². The summed E-state index contributed by atoms with van der Waals surface area (Å²) >= 11 is 0. The van der Waals surface area contributed by atoms with Gasteiger partial charge in [0.15, 0.2) is 0 Å². The summed E-state index contributed by atoms with van der Waals surface area (Å²) in [7, 11) is -0.381. The van der Waals surface area contributed by atoms with Gasteiger partial charge in [0.1, 0.15) is 12.2 Å². The molecular weight excluding hydrogens is 403 g/mol. The Morgan fingerprint density at radius 2 is 1.72 bits per heavy atom. The number of ether oxygens (including phenoxy) is 2. The van der Waals surface area contributed by atoms with Gasteiger partial charge in [-0.15, -0.1) is 0 Å². The summed E-state index contributed by atoms with van der Waals surface area (Å²) in [5.74, 6) is 0.391. The van der Waals surface area contributed by atoms with Gasteiger partial charge < -0.3 is 18.8 Å². The zero-order valence-electron chi connectivity index (χ0n) is 21.5. The lowest BCUT2D eigenvalue weighted by Gasteiger charge is -2.46. The largest absolute Gasteiger partial charge is 0.494 e. The average Bonchev–Trinajstić information content (AvgIpc) is 2.92. The molecule has 1 aromatic rings. The van der Waals surface area contributed by atoms with E-state index in [2.05, 4.69) is 80.5 Å². The maximum atomic E-state index is 11.9. The van der Waals surface area contributed by atoms with E-state index in [1.165, 1.54) is 12.5 Å². The quantitative estimate of drug-likeness (QED) is 0.483. The molecule has 2 fully saturated rings. The zero-order chi connectivity index (χ0) is 24.0. The van der Waals surface area contributed by atoms with Crippen LogP contribution in [0.4, 0.5) is 0 Å². The lowest BCUT2D eigenvalue weighted by molar-refractivity contribution is -0.198. The molecule has 6 heteroatoms. The summed E-state index contributed by atoms with van der Waals surface area (Å²) in [6, 6.07) is 6.40. The van der Waals surface area contributed by atoms with Crippen molar-refractivity contribution in [1.29, 1.82) is 0 Å². The van der Waals surface area contributed by atoms with Crippen LogP contribution >= 0.6 is 0 Å². The van der Waals surface area contributed by atoms with Gasteiger partial charge >= 0.3 is 13.1 Å². The first-order valence-corrected chi connectivity index (χ1v) is 12.1. The van der Waals surface area contributed by atoms with Gasteiger partial charge in [0.25, 0.3) is 0 Å².